The number of nitrogens with one attached hydrogen (secondary N) is 1. The van der Waals surface area contributed by atoms with E-state index in [1.165, 1.54) is 0 Å². The molecule has 0 spiro atoms. The Kier molecular flexibility index (Phi) is 8.57. The number of hydrogen-bond acceptors (Lipinski definition) is 6. The van der Waals surface area contributed by atoms with Gasteiger partial charge in [0.2, 0.25) is 0 Å². The van der Waals surface area contributed by atoms with Gasteiger partial charge in [-0.05, 0) is 96.7 Å². The van der Waals surface area contributed by atoms with E-state index in [0.717, 1.165) is 30.4 Å². The van der Waals surface area contributed by atoms with Crippen molar-refractivity contribution in [3.8, 4) is 0 Å². The fraction of sp³-hybridized carbons (Fsp3) is 0.517. The molecule has 1 aliphatic carbocycles. The van der Waals surface area contributed by atoms with E-state index in [1.807, 2.05) is 26.0 Å². The zero-order valence-electron chi connectivity index (χ0n) is 23.7. The van der Waals surface area contributed by atoms with Crippen LogP contribution in [0.4, 0.5) is 42.8 Å². The van der Waals surface area contributed by atoms with Crippen molar-refractivity contribution in [1.82, 2.24) is 20.6 Å². The van der Waals surface area contributed by atoms with Crippen LogP contribution in [0.5, 0.6) is 0 Å². The minimum absolute atomic E-state index is 0.00970. The number of carbonyl (C=O) groups is 1. The largest absolute Gasteiger partial charge is 0.446 e. The van der Waals surface area contributed by atoms with E-state index in [0.29, 0.717) is 55.6 Å². The molecule has 0 saturated heterocycles. The Hall–Kier alpha value is -3.84. The lowest BCUT2D eigenvalue weighted by Crippen LogP contribution is -2.35. The van der Waals surface area contributed by atoms with Crippen molar-refractivity contribution in [1.29, 1.82) is 0 Å². The molecule has 2 heterocycles. The van der Waals surface area contributed by atoms with Crippen molar-refractivity contribution in [2.24, 2.45) is 0 Å². The first-order valence-corrected chi connectivity index (χ1v) is 14.3. The Balaban J connectivity index is 1.60. The average molecular weight is 611 g/mol. The van der Waals surface area contributed by atoms with Crippen LogP contribution in [-0.4, -0.2) is 39.4 Å². The Bertz CT molecular complexity index is 1410. The van der Waals surface area contributed by atoms with Gasteiger partial charge in [0, 0.05) is 13.1 Å². The van der Waals surface area contributed by atoms with Crippen LogP contribution < -0.4 is 9.80 Å². The number of carbonyl (C=O) groups excluding carboxylic acids is 1. The van der Waals surface area contributed by atoms with Gasteiger partial charge in [0.15, 0.2) is 0 Å². The molecule has 1 amide bonds. The van der Waals surface area contributed by atoms with Gasteiger partial charge in [0.1, 0.15) is 6.10 Å². The highest BCUT2D eigenvalue weighted by molar-refractivity contribution is 5.89. The Morgan fingerprint density at radius 1 is 1.00 bits per heavy atom. The number of tetrazole rings is 1. The molecule has 14 heteroatoms. The Morgan fingerprint density at radius 2 is 1.65 bits per heavy atom. The molecule has 1 unspecified atom stereocenters. The number of H-pyrrole nitrogens is 1. The van der Waals surface area contributed by atoms with Gasteiger partial charge in [-0.3, -0.25) is 4.90 Å². The minimum Gasteiger partial charge on any atom is -0.446 e. The van der Waals surface area contributed by atoms with Crippen LogP contribution in [0.2, 0.25) is 0 Å². The molecule has 0 bridgehead atoms. The number of rotatable bonds is 7. The van der Waals surface area contributed by atoms with E-state index in [4.69, 9.17) is 4.74 Å². The molecule has 43 heavy (non-hydrogen) atoms. The topological polar surface area (TPSA) is 87.2 Å². The maximum absolute atomic E-state index is 13.7. The number of alkyl halides is 6. The van der Waals surface area contributed by atoms with Gasteiger partial charge < -0.3 is 9.64 Å². The number of ether oxygens (including phenoxy) is 1. The molecule has 0 fully saturated rings. The predicted octanol–water partition coefficient (Wildman–Crippen LogP) is 7.40. The van der Waals surface area contributed by atoms with Gasteiger partial charge in [-0.15, -0.1) is 5.10 Å². The summed E-state index contributed by atoms with van der Waals surface area (Å²) in [7, 11) is 0. The molecule has 1 atom stereocenters. The zero-order chi connectivity index (χ0) is 30.9. The first kappa shape index (κ1) is 30.6. The number of fused-ring (bicyclic) bond motifs is 2. The van der Waals surface area contributed by atoms with Gasteiger partial charge in [-0.2, -0.15) is 31.6 Å². The highest BCUT2D eigenvalue weighted by Gasteiger charge is 2.38. The summed E-state index contributed by atoms with van der Waals surface area (Å²) >= 11 is 0. The highest BCUT2D eigenvalue weighted by atomic mass is 19.4. The maximum atomic E-state index is 13.7. The summed E-state index contributed by atoms with van der Waals surface area (Å²) in [5.41, 5.74) is 0.465. The molecular weight excluding hydrogens is 578 g/mol. The standard InChI is InChI=1S/C29H32F6N6O2/c1-3-22(4-2)43-27(42)40-10-6-9-24(23-13-18-7-5-8-19(18)14-25(23)40)41(26-36-38-39-37-26)16-17-11-20(28(30,31)32)15-21(12-17)29(33,34)35/h11-15,22,24H,3-10,16H2,1-2H3,(H,36,37,38,39). The van der Waals surface area contributed by atoms with Crippen LogP contribution in [0, 0.1) is 0 Å². The molecule has 1 aliphatic heterocycles. The van der Waals surface area contributed by atoms with E-state index < -0.39 is 35.6 Å². The highest BCUT2D eigenvalue weighted by Crippen LogP contribution is 2.43. The van der Waals surface area contributed by atoms with Crippen molar-refractivity contribution in [3.63, 3.8) is 0 Å². The number of benzene rings is 2. The van der Waals surface area contributed by atoms with Crippen LogP contribution in [0.1, 0.15) is 85.4 Å². The second-order valence-electron chi connectivity index (χ2n) is 10.9. The molecular formula is C29H32F6N6O2. The summed E-state index contributed by atoms with van der Waals surface area (Å²) < 4.78 is 87.8. The first-order valence-electron chi connectivity index (χ1n) is 14.3. The number of aryl methyl sites for hydroxylation is 2. The number of aromatic nitrogens is 4. The van der Waals surface area contributed by atoms with Gasteiger partial charge in [-0.25, -0.2) is 4.79 Å². The molecule has 3 aromatic rings. The van der Waals surface area contributed by atoms with Gasteiger partial charge >= 0.3 is 18.4 Å². The van der Waals surface area contributed by atoms with Crippen molar-refractivity contribution >= 4 is 17.7 Å². The number of aromatic amines is 1. The van der Waals surface area contributed by atoms with Crippen molar-refractivity contribution in [2.45, 2.75) is 89.8 Å². The van der Waals surface area contributed by atoms with Crippen molar-refractivity contribution in [2.75, 3.05) is 16.3 Å². The summed E-state index contributed by atoms with van der Waals surface area (Å²) in [5.74, 6) is 0.00970. The number of halogens is 6. The quantitative estimate of drug-likeness (QED) is 0.281. The zero-order valence-corrected chi connectivity index (χ0v) is 23.7. The van der Waals surface area contributed by atoms with E-state index >= 15 is 0 Å². The molecule has 0 radical (unpaired) electrons. The third-order valence-corrected chi connectivity index (χ3v) is 8.12. The number of anilines is 2. The lowest BCUT2D eigenvalue weighted by molar-refractivity contribution is -0.143. The minimum atomic E-state index is -4.99. The second-order valence-corrected chi connectivity index (χ2v) is 10.9. The van der Waals surface area contributed by atoms with E-state index in [9.17, 15) is 31.1 Å². The summed E-state index contributed by atoms with van der Waals surface area (Å²) in [5, 5.41) is 14.0. The molecule has 2 aliphatic rings. The van der Waals surface area contributed by atoms with Crippen molar-refractivity contribution in [3.05, 3.63) is 63.7 Å². The fourth-order valence-electron chi connectivity index (χ4n) is 5.93. The summed E-state index contributed by atoms with van der Waals surface area (Å²) in [6.45, 7) is 3.82. The molecule has 2 aromatic carbocycles. The van der Waals surface area contributed by atoms with Crippen molar-refractivity contribution < 1.29 is 35.9 Å². The van der Waals surface area contributed by atoms with Crippen LogP contribution >= 0.6 is 0 Å². The number of nitrogens with zero attached hydrogens (tertiary/aromatic N) is 5. The Labute approximate surface area is 244 Å². The second kappa shape index (κ2) is 12.0. The third-order valence-electron chi connectivity index (χ3n) is 8.12. The maximum Gasteiger partial charge on any atom is 0.416 e. The molecule has 5 rings (SSSR count). The third kappa shape index (κ3) is 6.57. The number of amides is 1. The lowest BCUT2D eigenvalue weighted by Gasteiger charge is -2.32. The van der Waals surface area contributed by atoms with Crippen LogP contribution in [0.15, 0.2) is 30.3 Å². The molecule has 1 N–H and O–H groups in total. The first-order chi connectivity index (χ1) is 20.4. The monoisotopic (exact) mass is 610 g/mol. The van der Waals surface area contributed by atoms with E-state index in [-0.39, 0.29) is 30.2 Å². The van der Waals surface area contributed by atoms with Crippen LogP contribution in [0.3, 0.4) is 0 Å². The normalized spacial score (nSPS) is 17.0. The van der Waals surface area contributed by atoms with E-state index in [1.54, 1.807) is 9.80 Å². The molecule has 8 nitrogen and oxygen atoms in total. The summed E-state index contributed by atoms with van der Waals surface area (Å²) in [6, 6.07) is 4.89. The molecule has 0 saturated carbocycles. The summed E-state index contributed by atoms with van der Waals surface area (Å²) in [4.78, 5) is 16.6. The summed E-state index contributed by atoms with van der Waals surface area (Å²) in [6.07, 6.45) is -5.95. The van der Waals surface area contributed by atoms with Gasteiger partial charge in [0.25, 0.3) is 5.95 Å². The van der Waals surface area contributed by atoms with Crippen LogP contribution in [-0.2, 0) is 36.5 Å². The lowest BCUT2D eigenvalue weighted by atomic mass is 9.95. The molecule has 232 valence electrons. The Morgan fingerprint density at radius 3 is 2.23 bits per heavy atom. The molecule has 1 aromatic heterocycles. The predicted molar refractivity (Wildman–Crippen MR) is 145 cm³/mol. The number of hydrogen-bond donors (Lipinski definition) is 1. The average Bonchev–Trinajstić information content (AvgIpc) is 3.62. The van der Waals surface area contributed by atoms with Gasteiger partial charge in [0.05, 0.1) is 22.9 Å². The SMILES string of the molecule is CCC(CC)OC(=O)N1CCCC(N(Cc2cc(C(F)(F)F)cc(C(F)(F)F)c2)c2nn[nH]n2)c2cc3c(cc21)CCC3. The smallest absolute Gasteiger partial charge is 0.416 e. The van der Waals surface area contributed by atoms with Crippen LogP contribution in [0.25, 0.3) is 0 Å². The van der Waals surface area contributed by atoms with Gasteiger partial charge in [-0.1, -0.05) is 25.0 Å². The van der Waals surface area contributed by atoms with E-state index in [2.05, 4.69) is 20.6 Å². The fourth-order valence-corrected chi connectivity index (χ4v) is 5.93.